The number of carboxylic acid groups (broad SMARTS) is 1. The Labute approximate surface area is 125 Å². The fourth-order valence-corrected chi connectivity index (χ4v) is 2.03. The van der Waals surface area contributed by atoms with Crippen LogP contribution in [0.15, 0.2) is 24.3 Å². The molecule has 0 aromatic heterocycles. The molecular weight excluding hydrogens is 268 g/mol. The van der Waals surface area contributed by atoms with Crippen molar-refractivity contribution in [1.29, 1.82) is 0 Å². The standard InChI is InChI=1S/C16H24N2O3/c1-11-7-5-6-8-12(11)9-10-17-15(21)18-13(14(19)20)16(2,3)4/h5-8,13H,9-10H2,1-4H3,(H,19,20)(H2,17,18,21)/t13-/m0/s1. The van der Waals surface area contributed by atoms with Crippen LogP contribution >= 0.6 is 0 Å². The molecule has 0 bridgehead atoms. The molecule has 1 aromatic carbocycles. The minimum absolute atomic E-state index is 0.453. The van der Waals surface area contributed by atoms with Gasteiger partial charge >= 0.3 is 12.0 Å². The number of carbonyl (C=O) groups excluding carboxylic acids is 1. The van der Waals surface area contributed by atoms with E-state index in [1.54, 1.807) is 20.8 Å². The van der Waals surface area contributed by atoms with Gasteiger partial charge in [0.2, 0.25) is 0 Å². The monoisotopic (exact) mass is 292 g/mol. The molecule has 5 heteroatoms. The fraction of sp³-hybridized carbons (Fsp3) is 0.500. The maximum atomic E-state index is 11.8. The Balaban J connectivity index is 2.47. The van der Waals surface area contributed by atoms with Crippen molar-refractivity contribution < 1.29 is 14.7 Å². The maximum Gasteiger partial charge on any atom is 0.326 e. The van der Waals surface area contributed by atoms with Gasteiger partial charge < -0.3 is 15.7 Å². The number of benzene rings is 1. The van der Waals surface area contributed by atoms with E-state index in [-0.39, 0.29) is 0 Å². The predicted molar refractivity (Wildman–Crippen MR) is 82.3 cm³/mol. The molecule has 0 aliphatic carbocycles. The van der Waals surface area contributed by atoms with Crippen LogP contribution in [0.1, 0.15) is 31.9 Å². The molecule has 0 spiro atoms. The first kappa shape index (κ1) is 17.0. The zero-order chi connectivity index (χ0) is 16.0. The largest absolute Gasteiger partial charge is 0.480 e. The third kappa shape index (κ3) is 5.45. The van der Waals surface area contributed by atoms with Gasteiger partial charge in [0.15, 0.2) is 0 Å². The summed E-state index contributed by atoms with van der Waals surface area (Å²) in [5.74, 6) is -1.03. The van der Waals surface area contributed by atoms with Crippen LogP contribution in [0.2, 0.25) is 0 Å². The highest BCUT2D eigenvalue weighted by atomic mass is 16.4. The van der Waals surface area contributed by atoms with Crippen LogP contribution < -0.4 is 10.6 Å². The first-order valence-electron chi connectivity index (χ1n) is 7.03. The molecule has 116 valence electrons. The van der Waals surface area contributed by atoms with Gasteiger partial charge in [0.25, 0.3) is 0 Å². The highest BCUT2D eigenvalue weighted by molar-refractivity contribution is 5.83. The van der Waals surface area contributed by atoms with E-state index in [0.29, 0.717) is 13.0 Å². The van der Waals surface area contributed by atoms with Gasteiger partial charge in [0.1, 0.15) is 6.04 Å². The zero-order valence-electron chi connectivity index (χ0n) is 13.1. The van der Waals surface area contributed by atoms with Crippen LogP contribution in [0, 0.1) is 12.3 Å². The van der Waals surface area contributed by atoms with E-state index < -0.39 is 23.5 Å². The zero-order valence-corrected chi connectivity index (χ0v) is 13.1. The number of urea groups is 1. The second-order valence-corrected chi connectivity index (χ2v) is 6.21. The van der Waals surface area contributed by atoms with Crippen molar-refractivity contribution in [3.05, 3.63) is 35.4 Å². The lowest BCUT2D eigenvalue weighted by Gasteiger charge is -2.27. The molecule has 0 unspecified atom stereocenters. The number of rotatable bonds is 5. The SMILES string of the molecule is Cc1ccccc1CCNC(=O)N[C@@H](C(=O)O)C(C)(C)C. The summed E-state index contributed by atoms with van der Waals surface area (Å²) < 4.78 is 0. The van der Waals surface area contributed by atoms with Gasteiger partial charge in [-0.05, 0) is 29.9 Å². The Morgan fingerprint density at radius 2 is 1.86 bits per heavy atom. The van der Waals surface area contributed by atoms with Crippen LogP contribution in [0.5, 0.6) is 0 Å². The van der Waals surface area contributed by atoms with Crippen molar-refractivity contribution in [3.8, 4) is 0 Å². The van der Waals surface area contributed by atoms with Crippen molar-refractivity contribution in [3.63, 3.8) is 0 Å². The molecule has 3 N–H and O–H groups in total. The van der Waals surface area contributed by atoms with Crippen LogP contribution in [-0.2, 0) is 11.2 Å². The third-order valence-electron chi connectivity index (χ3n) is 3.33. The molecule has 0 radical (unpaired) electrons. The highest BCUT2D eigenvalue weighted by Crippen LogP contribution is 2.19. The van der Waals surface area contributed by atoms with E-state index in [1.165, 1.54) is 11.1 Å². The molecule has 1 atom stereocenters. The summed E-state index contributed by atoms with van der Waals surface area (Å²) in [6.45, 7) is 7.82. The Kier molecular flexibility index (Phi) is 5.76. The molecule has 0 aliphatic heterocycles. The van der Waals surface area contributed by atoms with Crippen molar-refractivity contribution in [1.82, 2.24) is 10.6 Å². The van der Waals surface area contributed by atoms with E-state index in [0.717, 1.165) is 0 Å². The molecule has 1 rings (SSSR count). The highest BCUT2D eigenvalue weighted by Gasteiger charge is 2.32. The molecule has 21 heavy (non-hydrogen) atoms. The second kappa shape index (κ2) is 7.11. The van der Waals surface area contributed by atoms with Gasteiger partial charge in [-0.25, -0.2) is 9.59 Å². The molecule has 1 aromatic rings. The second-order valence-electron chi connectivity index (χ2n) is 6.21. The number of carbonyl (C=O) groups is 2. The number of hydrogen-bond acceptors (Lipinski definition) is 2. The first-order valence-corrected chi connectivity index (χ1v) is 7.03. The molecule has 2 amide bonds. The van der Waals surface area contributed by atoms with Gasteiger partial charge in [-0.2, -0.15) is 0 Å². The van der Waals surface area contributed by atoms with E-state index in [1.807, 2.05) is 31.2 Å². The minimum atomic E-state index is -1.03. The van der Waals surface area contributed by atoms with Crippen molar-refractivity contribution >= 4 is 12.0 Å². The molecule has 0 fully saturated rings. The lowest BCUT2D eigenvalue weighted by Crippen LogP contribution is -2.52. The third-order valence-corrected chi connectivity index (χ3v) is 3.33. The summed E-state index contributed by atoms with van der Waals surface area (Å²) >= 11 is 0. The fourth-order valence-electron chi connectivity index (χ4n) is 2.03. The Bertz CT molecular complexity index is 506. The van der Waals surface area contributed by atoms with Gasteiger partial charge in [0.05, 0.1) is 0 Å². The molecule has 0 heterocycles. The van der Waals surface area contributed by atoms with E-state index in [2.05, 4.69) is 10.6 Å². The van der Waals surface area contributed by atoms with Gasteiger partial charge in [-0.1, -0.05) is 45.0 Å². The van der Waals surface area contributed by atoms with Gasteiger partial charge in [0, 0.05) is 6.54 Å². The average molecular weight is 292 g/mol. The summed E-state index contributed by atoms with van der Waals surface area (Å²) in [4.78, 5) is 23.0. The van der Waals surface area contributed by atoms with Crippen LogP contribution in [0.25, 0.3) is 0 Å². The number of aliphatic carboxylic acids is 1. The van der Waals surface area contributed by atoms with E-state index in [9.17, 15) is 9.59 Å². The summed E-state index contributed by atoms with van der Waals surface area (Å²) in [6, 6.07) is 6.60. The molecule has 0 aliphatic rings. The van der Waals surface area contributed by atoms with E-state index >= 15 is 0 Å². The predicted octanol–water partition coefficient (Wildman–Crippen LogP) is 2.34. The quantitative estimate of drug-likeness (QED) is 0.779. The van der Waals surface area contributed by atoms with Crippen LogP contribution in [0.3, 0.4) is 0 Å². The number of hydrogen-bond donors (Lipinski definition) is 3. The normalized spacial score (nSPS) is 12.6. The minimum Gasteiger partial charge on any atom is -0.480 e. The summed E-state index contributed by atoms with van der Waals surface area (Å²) in [6.07, 6.45) is 0.716. The molecule has 0 saturated heterocycles. The van der Waals surface area contributed by atoms with Crippen LogP contribution in [0.4, 0.5) is 4.79 Å². The number of carboxylic acids is 1. The smallest absolute Gasteiger partial charge is 0.326 e. The number of amides is 2. The van der Waals surface area contributed by atoms with E-state index in [4.69, 9.17) is 5.11 Å². The Hall–Kier alpha value is -2.04. The lowest BCUT2D eigenvalue weighted by molar-refractivity contribution is -0.141. The van der Waals surface area contributed by atoms with Crippen molar-refractivity contribution in [2.45, 2.75) is 40.2 Å². The lowest BCUT2D eigenvalue weighted by atomic mass is 9.87. The Morgan fingerprint density at radius 3 is 2.38 bits per heavy atom. The topological polar surface area (TPSA) is 78.4 Å². The summed E-state index contributed by atoms with van der Waals surface area (Å²) in [5, 5.41) is 14.4. The number of aryl methyl sites for hydroxylation is 1. The Morgan fingerprint density at radius 1 is 1.24 bits per heavy atom. The molecular formula is C16H24N2O3. The molecule has 5 nitrogen and oxygen atoms in total. The molecule has 0 saturated carbocycles. The maximum absolute atomic E-state index is 11.8. The van der Waals surface area contributed by atoms with Crippen molar-refractivity contribution in [2.24, 2.45) is 5.41 Å². The summed E-state index contributed by atoms with van der Waals surface area (Å²) in [7, 11) is 0. The van der Waals surface area contributed by atoms with Gasteiger partial charge in [-0.3, -0.25) is 0 Å². The first-order chi connectivity index (χ1) is 9.71. The van der Waals surface area contributed by atoms with Crippen LogP contribution in [-0.4, -0.2) is 29.7 Å². The number of nitrogens with one attached hydrogen (secondary N) is 2. The summed E-state index contributed by atoms with van der Waals surface area (Å²) in [5.41, 5.74) is 1.81. The van der Waals surface area contributed by atoms with Crippen molar-refractivity contribution in [2.75, 3.05) is 6.54 Å². The van der Waals surface area contributed by atoms with Gasteiger partial charge in [-0.15, -0.1) is 0 Å². The average Bonchev–Trinajstić information content (AvgIpc) is 2.36.